The molecule has 2 nitrogen and oxygen atoms in total. The van der Waals surface area contributed by atoms with E-state index < -0.39 is 0 Å². The van der Waals surface area contributed by atoms with E-state index in [2.05, 4.69) is 12.2 Å². The highest BCUT2D eigenvalue weighted by Gasteiger charge is 1.94. The Labute approximate surface area is 68.6 Å². The van der Waals surface area contributed by atoms with Crippen molar-refractivity contribution in [3.05, 3.63) is 0 Å². The second-order valence-corrected chi connectivity index (χ2v) is 2.87. The molecule has 0 unspecified atom stereocenters. The molecule has 0 rings (SSSR count). The molecular formula is C7H16N2S. The van der Waals surface area contributed by atoms with Crippen molar-refractivity contribution < 1.29 is 0 Å². The Bertz CT molecular complexity index is 102. The summed E-state index contributed by atoms with van der Waals surface area (Å²) in [6.07, 6.45) is 2.40. The van der Waals surface area contributed by atoms with Crippen LogP contribution < -0.4 is 5.32 Å². The molecular weight excluding hydrogens is 144 g/mol. The van der Waals surface area contributed by atoms with Crippen molar-refractivity contribution in [1.82, 2.24) is 10.2 Å². The maximum absolute atomic E-state index is 5.01. The summed E-state index contributed by atoms with van der Waals surface area (Å²) < 4.78 is 0. The van der Waals surface area contributed by atoms with E-state index in [0.29, 0.717) is 0 Å². The summed E-state index contributed by atoms with van der Waals surface area (Å²) in [5.41, 5.74) is 0. The molecule has 10 heavy (non-hydrogen) atoms. The summed E-state index contributed by atoms with van der Waals surface area (Å²) in [6, 6.07) is 0. The minimum atomic E-state index is 0.827. The fraction of sp³-hybridized carbons (Fsp3) is 0.857. The van der Waals surface area contributed by atoms with Crippen LogP contribution in [0.4, 0.5) is 0 Å². The average molecular weight is 160 g/mol. The number of thiocarbonyl (C=S) groups is 1. The lowest BCUT2D eigenvalue weighted by atomic mass is 10.3. The van der Waals surface area contributed by atoms with E-state index in [4.69, 9.17) is 12.2 Å². The van der Waals surface area contributed by atoms with E-state index in [9.17, 15) is 0 Å². The molecule has 0 radical (unpaired) electrons. The highest BCUT2D eigenvalue weighted by Crippen LogP contribution is 1.84. The minimum absolute atomic E-state index is 0.827. The second kappa shape index (κ2) is 5.47. The Morgan fingerprint density at radius 3 is 2.50 bits per heavy atom. The average Bonchev–Trinajstić information content (AvgIpc) is 1.88. The molecule has 0 aliphatic rings. The van der Waals surface area contributed by atoms with Crippen molar-refractivity contribution in [2.45, 2.75) is 19.8 Å². The molecule has 0 saturated heterocycles. The van der Waals surface area contributed by atoms with Gasteiger partial charge in [-0.1, -0.05) is 13.3 Å². The highest BCUT2D eigenvalue weighted by molar-refractivity contribution is 7.80. The zero-order chi connectivity index (χ0) is 7.98. The Morgan fingerprint density at radius 1 is 1.50 bits per heavy atom. The predicted octanol–water partition coefficient (Wildman–Crippen LogP) is 1.22. The fourth-order valence-electron chi connectivity index (χ4n) is 0.530. The van der Waals surface area contributed by atoms with Gasteiger partial charge in [-0.05, 0) is 18.6 Å². The van der Waals surface area contributed by atoms with E-state index in [-0.39, 0.29) is 0 Å². The standard InChI is InChI=1S/C7H16N2S/c1-4-5-6-8-7(10)9(2)3/h4-6H2,1-3H3,(H,8,10). The predicted molar refractivity (Wildman–Crippen MR) is 49.2 cm³/mol. The molecule has 0 spiro atoms. The molecule has 0 bridgehead atoms. The van der Waals surface area contributed by atoms with E-state index in [1.54, 1.807) is 0 Å². The van der Waals surface area contributed by atoms with Crippen molar-refractivity contribution >= 4 is 17.3 Å². The maximum atomic E-state index is 5.01. The van der Waals surface area contributed by atoms with Crippen LogP contribution in [0, 0.1) is 0 Å². The lowest BCUT2D eigenvalue weighted by Gasteiger charge is -2.14. The summed E-state index contributed by atoms with van der Waals surface area (Å²) in [5, 5.41) is 3.97. The molecule has 0 aromatic rings. The van der Waals surface area contributed by atoms with Gasteiger partial charge in [0.1, 0.15) is 0 Å². The molecule has 0 atom stereocenters. The summed E-state index contributed by atoms with van der Waals surface area (Å²) in [7, 11) is 3.89. The van der Waals surface area contributed by atoms with Crippen LogP contribution in [0.2, 0.25) is 0 Å². The highest BCUT2D eigenvalue weighted by atomic mass is 32.1. The number of nitrogens with one attached hydrogen (secondary N) is 1. The van der Waals surface area contributed by atoms with Gasteiger partial charge in [0.25, 0.3) is 0 Å². The summed E-state index contributed by atoms with van der Waals surface area (Å²) in [4.78, 5) is 1.91. The lowest BCUT2D eigenvalue weighted by Crippen LogP contribution is -2.34. The molecule has 0 aromatic heterocycles. The molecule has 0 aromatic carbocycles. The number of hydrogen-bond acceptors (Lipinski definition) is 1. The third-order valence-electron chi connectivity index (χ3n) is 1.21. The van der Waals surface area contributed by atoms with Gasteiger partial charge in [-0.15, -0.1) is 0 Å². The molecule has 0 heterocycles. The van der Waals surface area contributed by atoms with Gasteiger partial charge in [0, 0.05) is 20.6 Å². The maximum Gasteiger partial charge on any atom is 0.168 e. The first-order chi connectivity index (χ1) is 4.68. The third kappa shape index (κ3) is 4.56. The summed E-state index contributed by atoms with van der Waals surface area (Å²) in [6.45, 7) is 3.16. The molecule has 60 valence electrons. The van der Waals surface area contributed by atoms with E-state index >= 15 is 0 Å². The normalized spacial score (nSPS) is 9.10. The van der Waals surface area contributed by atoms with Gasteiger partial charge in [-0.2, -0.15) is 0 Å². The van der Waals surface area contributed by atoms with Crippen LogP contribution in [0.1, 0.15) is 19.8 Å². The van der Waals surface area contributed by atoms with Crippen LogP contribution in [0.5, 0.6) is 0 Å². The van der Waals surface area contributed by atoms with E-state index in [1.165, 1.54) is 12.8 Å². The van der Waals surface area contributed by atoms with Crippen LogP contribution in [0.25, 0.3) is 0 Å². The third-order valence-corrected chi connectivity index (χ3v) is 1.72. The van der Waals surface area contributed by atoms with Crippen LogP contribution in [0.3, 0.4) is 0 Å². The van der Waals surface area contributed by atoms with Gasteiger partial charge in [0.15, 0.2) is 5.11 Å². The number of nitrogens with zero attached hydrogens (tertiary/aromatic N) is 1. The van der Waals surface area contributed by atoms with Crippen LogP contribution in [-0.2, 0) is 0 Å². The Morgan fingerprint density at radius 2 is 2.10 bits per heavy atom. The quantitative estimate of drug-likeness (QED) is 0.494. The van der Waals surface area contributed by atoms with E-state index in [1.807, 2.05) is 19.0 Å². The van der Waals surface area contributed by atoms with Crippen LogP contribution in [-0.4, -0.2) is 30.7 Å². The van der Waals surface area contributed by atoms with Crippen molar-refractivity contribution in [2.75, 3.05) is 20.6 Å². The SMILES string of the molecule is CCCCNC(=S)N(C)C. The molecule has 0 aliphatic carbocycles. The summed E-state index contributed by atoms with van der Waals surface area (Å²) in [5.74, 6) is 0. The zero-order valence-electron chi connectivity index (χ0n) is 6.98. The van der Waals surface area contributed by atoms with Gasteiger partial charge in [0.2, 0.25) is 0 Å². The monoisotopic (exact) mass is 160 g/mol. The van der Waals surface area contributed by atoms with Crippen molar-refractivity contribution in [3.63, 3.8) is 0 Å². The topological polar surface area (TPSA) is 15.3 Å². The number of rotatable bonds is 3. The minimum Gasteiger partial charge on any atom is -0.363 e. The molecule has 0 amide bonds. The first-order valence-electron chi connectivity index (χ1n) is 3.63. The van der Waals surface area contributed by atoms with Crippen molar-refractivity contribution in [2.24, 2.45) is 0 Å². The first-order valence-corrected chi connectivity index (χ1v) is 4.04. The van der Waals surface area contributed by atoms with Gasteiger partial charge in [-0.25, -0.2) is 0 Å². The zero-order valence-corrected chi connectivity index (χ0v) is 7.79. The van der Waals surface area contributed by atoms with Crippen LogP contribution in [0.15, 0.2) is 0 Å². The molecule has 0 saturated carbocycles. The Kier molecular flexibility index (Phi) is 5.30. The fourth-order valence-corrected chi connectivity index (χ4v) is 0.632. The molecule has 3 heteroatoms. The van der Waals surface area contributed by atoms with Gasteiger partial charge in [-0.3, -0.25) is 0 Å². The number of unbranched alkanes of at least 4 members (excludes halogenated alkanes) is 1. The van der Waals surface area contributed by atoms with Gasteiger partial charge >= 0.3 is 0 Å². The first kappa shape index (κ1) is 9.69. The largest absolute Gasteiger partial charge is 0.363 e. The molecule has 1 N–H and O–H groups in total. The van der Waals surface area contributed by atoms with Crippen LogP contribution >= 0.6 is 12.2 Å². The smallest absolute Gasteiger partial charge is 0.168 e. The van der Waals surface area contributed by atoms with Crippen molar-refractivity contribution in [1.29, 1.82) is 0 Å². The summed E-state index contributed by atoms with van der Waals surface area (Å²) >= 11 is 5.01. The van der Waals surface area contributed by atoms with Gasteiger partial charge in [0.05, 0.1) is 0 Å². The van der Waals surface area contributed by atoms with Gasteiger partial charge < -0.3 is 10.2 Å². The molecule has 0 fully saturated rings. The van der Waals surface area contributed by atoms with Crippen molar-refractivity contribution in [3.8, 4) is 0 Å². The Hall–Kier alpha value is -0.310. The van der Waals surface area contributed by atoms with E-state index in [0.717, 1.165) is 11.7 Å². The molecule has 0 aliphatic heterocycles. The number of hydrogen-bond donors (Lipinski definition) is 1. The second-order valence-electron chi connectivity index (χ2n) is 2.48. The lowest BCUT2D eigenvalue weighted by molar-refractivity contribution is 0.594. The Balaban J connectivity index is 3.22.